The van der Waals surface area contributed by atoms with Gasteiger partial charge in [0.1, 0.15) is 0 Å². The molecule has 2 aromatic rings. The highest BCUT2D eigenvalue weighted by Crippen LogP contribution is 2.06. The van der Waals surface area contributed by atoms with Crippen LogP contribution < -0.4 is 0 Å². The minimum absolute atomic E-state index is 0.743. The highest BCUT2D eigenvalue weighted by Gasteiger charge is 1.92. The molecule has 0 aliphatic heterocycles. The van der Waals surface area contributed by atoms with E-state index >= 15 is 0 Å². The highest BCUT2D eigenvalue weighted by atomic mass is 16.4. The average molecular weight is 376 g/mol. The summed E-state index contributed by atoms with van der Waals surface area (Å²) in [6.45, 7) is 4.25. The van der Waals surface area contributed by atoms with Crippen molar-refractivity contribution in [3.05, 3.63) is 70.8 Å². The topological polar surface area (TPSA) is 74.6 Å². The molecule has 0 bridgehead atoms. The molecule has 0 fully saturated rings. The second-order valence-corrected chi connectivity index (χ2v) is 6.00. The van der Waals surface area contributed by atoms with Crippen molar-refractivity contribution in [1.29, 1.82) is 0 Å². The molecule has 144 valence electrons. The van der Waals surface area contributed by atoms with E-state index in [-0.39, 0.29) is 0 Å². The molecule has 2 N–H and O–H groups in total. The van der Waals surface area contributed by atoms with Crippen LogP contribution in [0.1, 0.15) is 48.9 Å². The second-order valence-electron chi connectivity index (χ2n) is 6.00. The molecule has 0 amide bonds. The van der Waals surface area contributed by atoms with Gasteiger partial charge in [-0.15, -0.1) is 0 Å². The predicted octanol–water partition coefficient (Wildman–Crippen LogP) is 4.15. The maximum absolute atomic E-state index is 10.2. The second kappa shape index (κ2) is 12.8. The minimum atomic E-state index is -1.09. The Bertz CT molecular complexity index is 809. The van der Waals surface area contributed by atoms with Crippen molar-refractivity contribution < 1.29 is 19.8 Å². The third-order valence-corrected chi connectivity index (χ3v) is 3.61. The van der Waals surface area contributed by atoms with E-state index in [2.05, 4.69) is 37.5 Å². The molecule has 4 nitrogen and oxygen atoms in total. The van der Waals surface area contributed by atoms with Crippen LogP contribution in [0, 0.1) is 23.7 Å². The molecule has 4 heteroatoms. The Balaban J connectivity index is 0.000000280. The van der Waals surface area contributed by atoms with Crippen LogP contribution in [0.5, 0.6) is 0 Å². The SMILES string of the molecule is CCCc1ccc(C#CC(=O)O)cc1.CCCc1ccc(C#CC(=O)O)cc1. The fraction of sp³-hybridized carbons (Fsp3) is 0.250. The Labute approximate surface area is 166 Å². The van der Waals surface area contributed by atoms with Crippen LogP contribution in [-0.4, -0.2) is 22.2 Å². The lowest BCUT2D eigenvalue weighted by Gasteiger charge is -1.97. The monoisotopic (exact) mass is 376 g/mol. The Morgan fingerprint density at radius 1 is 0.679 bits per heavy atom. The zero-order valence-electron chi connectivity index (χ0n) is 16.2. The van der Waals surface area contributed by atoms with Crippen molar-refractivity contribution in [2.75, 3.05) is 0 Å². The van der Waals surface area contributed by atoms with E-state index in [9.17, 15) is 9.59 Å². The van der Waals surface area contributed by atoms with E-state index < -0.39 is 11.9 Å². The molecular formula is C24H24O4. The molecule has 28 heavy (non-hydrogen) atoms. The first-order valence-electron chi connectivity index (χ1n) is 9.12. The minimum Gasteiger partial charge on any atom is -0.472 e. The molecule has 0 atom stereocenters. The number of aliphatic carboxylic acids is 2. The lowest BCUT2D eigenvalue weighted by Crippen LogP contribution is -1.87. The molecule has 0 saturated carbocycles. The molecule has 0 aromatic heterocycles. The number of rotatable bonds is 4. The van der Waals surface area contributed by atoms with Crippen LogP contribution in [0.15, 0.2) is 48.5 Å². The maximum atomic E-state index is 10.2. The summed E-state index contributed by atoms with van der Waals surface area (Å²) >= 11 is 0. The maximum Gasteiger partial charge on any atom is 0.382 e. The number of carbonyl (C=O) groups is 2. The van der Waals surface area contributed by atoms with Crippen molar-refractivity contribution in [3.8, 4) is 23.7 Å². The normalized spacial score (nSPS) is 8.93. The zero-order valence-corrected chi connectivity index (χ0v) is 16.2. The summed E-state index contributed by atoms with van der Waals surface area (Å²) in [6.07, 6.45) is 4.32. The molecule has 0 saturated heterocycles. The summed E-state index contributed by atoms with van der Waals surface area (Å²) < 4.78 is 0. The van der Waals surface area contributed by atoms with Crippen LogP contribution in [0.4, 0.5) is 0 Å². The van der Waals surface area contributed by atoms with E-state index in [4.69, 9.17) is 10.2 Å². The standard InChI is InChI=1S/2C12H12O2/c2*1-2-3-10-4-6-11(7-5-10)8-9-12(13)14/h2*4-7H,2-3H2,1H3,(H,13,14). The van der Waals surface area contributed by atoms with E-state index in [1.165, 1.54) is 11.1 Å². The van der Waals surface area contributed by atoms with Crippen molar-refractivity contribution in [1.82, 2.24) is 0 Å². The largest absolute Gasteiger partial charge is 0.472 e. The molecular weight excluding hydrogens is 352 g/mol. The molecule has 0 spiro atoms. The number of carboxylic acids is 2. The van der Waals surface area contributed by atoms with Gasteiger partial charge in [-0.05, 0) is 48.2 Å². The summed E-state index contributed by atoms with van der Waals surface area (Å²) in [5.74, 6) is 7.10. The quantitative estimate of drug-likeness (QED) is 0.786. The first kappa shape index (κ1) is 22.5. The summed E-state index contributed by atoms with van der Waals surface area (Å²) in [5.41, 5.74) is 4.00. The van der Waals surface area contributed by atoms with Gasteiger partial charge in [-0.1, -0.05) is 62.8 Å². The number of benzene rings is 2. The number of hydrogen-bond donors (Lipinski definition) is 2. The van der Waals surface area contributed by atoms with Gasteiger partial charge in [0.2, 0.25) is 0 Å². The number of carboxylic acid groups (broad SMARTS) is 2. The molecule has 0 aliphatic rings. The first-order valence-corrected chi connectivity index (χ1v) is 9.12. The Hall–Kier alpha value is -3.50. The first-order chi connectivity index (χ1) is 13.4. The van der Waals surface area contributed by atoms with Gasteiger partial charge >= 0.3 is 11.9 Å². The summed E-state index contributed by atoms with van der Waals surface area (Å²) in [4.78, 5) is 20.3. The van der Waals surface area contributed by atoms with E-state index in [0.29, 0.717) is 0 Å². The molecule has 2 aromatic carbocycles. The Kier molecular flexibility index (Phi) is 10.3. The smallest absolute Gasteiger partial charge is 0.382 e. The van der Waals surface area contributed by atoms with Crippen molar-refractivity contribution in [2.45, 2.75) is 39.5 Å². The van der Waals surface area contributed by atoms with Gasteiger partial charge in [-0.3, -0.25) is 0 Å². The third-order valence-electron chi connectivity index (χ3n) is 3.61. The predicted molar refractivity (Wildman–Crippen MR) is 110 cm³/mol. The highest BCUT2D eigenvalue weighted by molar-refractivity contribution is 5.87. The van der Waals surface area contributed by atoms with Crippen molar-refractivity contribution in [3.63, 3.8) is 0 Å². The molecule has 0 radical (unpaired) electrons. The summed E-state index contributed by atoms with van der Waals surface area (Å²) in [5, 5.41) is 16.7. The Morgan fingerprint density at radius 2 is 1.00 bits per heavy atom. The fourth-order valence-electron chi connectivity index (χ4n) is 2.34. The lowest BCUT2D eigenvalue weighted by molar-refractivity contribution is -0.131. The summed E-state index contributed by atoms with van der Waals surface area (Å²) in [7, 11) is 0. The van der Waals surface area contributed by atoms with Crippen LogP contribution in [0.2, 0.25) is 0 Å². The van der Waals surface area contributed by atoms with E-state index in [1.807, 2.05) is 48.5 Å². The fourth-order valence-corrected chi connectivity index (χ4v) is 2.34. The summed E-state index contributed by atoms with van der Waals surface area (Å²) in [6, 6.07) is 15.3. The van der Waals surface area contributed by atoms with Gasteiger partial charge in [0.25, 0.3) is 0 Å². The molecule has 0 aliphatic carbocycles. The van der Waals surface area contributed by atoms with Gasteiger partial charge < -0.3 is 10.2 Å². The number of hydrogen-bond acceptors (Lipinski definition) is 2. The molecule has 0 unspecified atom stereocenters. The van der Waals surface area contributed by atoms with Gasteiger partial charge in [0.15, 0.2) is 0 Å². The van der Waals surface area contributed by atoms with Gasteiger partial charge in [0, 0.05) is 23.0 Å². The Morgan fingerprint density at radius 3 is 1.25 bits per heavy atom. The molecule has 2 rings (SSSR count). The van der Waals surface area contributed by atoms with Crippen LogP contribution in [-0.2, 0) is 22.4 Å². The zero-order chi connectivity index (χ0) is 20.8. The lowest BCUT2D eigenvalue weighted by atomic mass is 10.1. The third kappa shape index (κ3) is 9.85. The van der Waals surface area contributed by atoms with E-state index in [0.717, 1.165) is 36.8 Å². The van der Waals surface area contributed by atoms with Gasteiger partial charge in [0.05, 0.1) is 0 Å². The average Bonchev–Trinajstić information content (AvgIpc) is 2.68. The van der Waals surface area contributed by atoms with E-state index in [1.54, 1.807) is 0 Å². The van der Waals surface area contributed by atoms with Crippen molar-refractivity contribution >= 4 is 11.9 Å². The van der Waals surface area contributed by atoms with Crippen LogP contribution in [0.25, 0.3) is 0 Å². The molecule has 0 heterocycles. The number of aryl methyl sites for hydroxylation is 2. The van der Waals surface area contributed by atoms with Crippen molar-refractivity contribution in [2.24, 2.45) is 0 Å². The van der Waals surface area contributed by atoms with Gasteiger partial charge in [-0.25, -0.2) is 9.59 Å². The van der Waals surface area contributed by atoms with Crippen LogP contribution in [0.3, 0.4) is 0 Å². The van der Waals surface area contributed by atoms with Gasteiger partial charge in [-0.2, -0.15) is 0 Å². The van der Waals surface area contributed by atoms with Crippen LogP contribution >= 0.6 is 0 Å².